The molecule has 5 nitrogen and oxygen atoms in total. The van der Waals surface area contributed by atoms with Crippen LogP contribution < -0.4 is 4.74 Å². The van der Waals surface area contributed by atoms with E-state index in [4.69, 9.17) is 4.74 Å². The first-order chi connectivity index (χ1) is 11.6. The van der Waals surface area contributed by atoms with Gasteiger partial charge in [-0.05, 0) is 43.5 Å². The van der Waals surface area contributed by atoms with Gasteiger partial charge in [-0.1, -0.05) is 0 Å². The smallest absolute Gasteiger partial charge is 0.222 e. The van der Waals surface area contributed by atoms with Gasteiger partial charge in [-0.15, -0.1) is 0 Å². The number of carbonyl (C=O) groups is 1. The van der Waals surface area contributed by atoms with Crippen molar-refractivity contribution in [3.05, 3.63) is 30.1 Å². The predicted molar refractivity (Wildman–Crippen MR) is 88.3 cm³/mol. The first-order valence-corrected chi connectivity index (χ1v) is 8.70. The molecule has 1 unspecified atom stereocenters. The molecule has 1 N–H and O–H groups in total. The third-order valence-electron chi connectivity index (χ3n) is 4.83. The van der Waals surface area contributed by atoms with Crippen molar-refractivity contribution < 1.29 is 19.0 Å². The van der Waals surface area contributed by atoms with Gasteiger partial charge in [0.1, 0.15) is 24.3 Å². The molecule has 1 aromatic rings. The first kappa shape index (κ1) is 17.2. The number of hydrogen-bond donors (Lipinski definition) is 1. The Morgan fingerprint density at radius 1 is 1.21 bits per heavy atom. The molecule has 2 fully saturated rings. The van der Waals surface area contributed by atoms with Gasteiger partial charge in [0.25, 0.3) is 0 Å². The maximum Gasteiger partial charge on any atom is 0.222 e. The number of aliphatic hydroxyl groups is 1. The number of benzene rings is 1. The quantitative estimate of drug-likeness (QED) is 0.858. The van der Waals surface area contributed by atoms with Crippen LogP contribution in [0.15, 0.2) is 24.3 Å². The van der Waals surface area contributed by atoms with E-state index in [0.29, 0.717) is 30.7 Å². The zero-order chi connectivity index (χ0) is 16.9. The number of amides is 1. The third-order valence-corrected chi connectivity index (χ3v) is 4.83. The van der Waals surface area contributed by atoms with Crippen molar-refractivity contribution in [1.82, 2.24) is 9.80 Å². The molecule has 1 atom stereocenters. The second-order valence-corrected chi connectivity index (χ2v) is 6.64. The molecule has 3 rings (SSSR count). The van der Waals surface area contributed by atoms with Crippen molar-refractivity contribution in [3.8, 4) is 5.75 Å². The third kappa shape index (κ3) is 4.45. The number of rotatable bonds is 6. The van der Waals surface area contributed by atoms with Gasteiger partial charge < -0.3 is 19.6 Å². The van der Waals surface area contributed by atoms with Gasteiger partial charge in [0, 0.05) is 38.6 Å². The van der Waals surface area contributed by atoms with Gasteiger partial charge in [-0.3, -0.25) is 4.79 Å². The summed E-state index contributed by atoms with van der Waals surface area (Å²) in [4.78, 5) is 16.1. The van der Waals surface area contributed by atoms with Gasteiger partial charge in [-0.2, -0.15) is 0 Å². The highest BCUT2D eigenvalue weighted by Crippen LogP contribution is 2.22. The summed E-state index contributed by atoms with van der Waals surface area (Å²) < 4.78 is 18.3. The summed E-state index contributed by atoms with van der Waals surface area (Å²) >= 11 is 0. The Bertz CT molecular complexity index is 544. The zero-order valence-electron chi connectivity index (χ0n) is 13.9. The van der Waals surface area contributed by atoms with Gasteiger partial charge >= 0.3 is 0 Å². The Morgan fingerprint density at radius 2 is 1.92 bits per heavy atom. The van der Waals surface area contributed by atoms with E-state index in [9.17, 15) is 14.3 Å². The number of piperidine rings is 1. The Hall–Kier alpha value is -1.66. The molecular formula is C18H25FN2O3. The number of aliphatic hydroxyl groups excluding tert-OH is 1. The SMILES string of the molecule is O=C1CCCN1C1CCN(CC(O)COc2ccc(F)cc2)CC1. The lowest BCUT2D eigenvalue weighted by molar-refractivity contribution is -0.130. The van der Waals surface area contributed by atoms with Crippen molar-refractivity contribution in [2.45, 2.75) is 37.8 Å². The molecule has 0 aromatic heterocycles. The fourth-order valence-corrected chi connectivity index (χ4v) is 3.54. The molecule has 2 aliphatic heterocycles. The number of halogens is 1. The van der Waals surface area contributed by atoms with E-state index >= 15 is 0 Å². The molecule has 1 aromatic carbocycles. The standard InChI is InChI=1S/C18H25FN2O3/c19-14-3-5-17(6-4-14)24-13-16(22)12-20-10-7-15(8-11-20)21-9-1-2-18(21)23/h3-6,15-16,22H,1-2,7-13H2. The molecule has 24 heavy (non-hydrogen) atoms. The fraction of sp³-hybridized carbons (Fsp3) is 0.611. The molecule has 0 saturated carbocycles. The number of ether oxygens (including phenoxy) is 1. The van der Waals surface area contributed by atoms with E-state index in [1.54, 1.807) is 12.1 Å². The van der Waals surface area contributed by atoms with Crippen LogP contribution in [0.5, 0.6) is 5.75 Å². The Balaban J connectivity index is 1.37. The molecular weight excluding hydrogens is 311 g/mol. The fourth-order valence-electron chi connectivity index (χ4n) is 3.54. The second-order valence-electron chi connectivity index (χ2n) is 6.64. The summed E-state index contributed by atoms with van der Waals surface area (Å²) in [7, 11) is 0. The second kappa shape index (κ2) is 7.94. The predicted octanol–water partition coefficient (Wildman–Crippen LogP) is 1.65. The summed E-state index contributed by atoms with van der Waals surface area (Å²) in [5.41, 5.74) is 0. The lowest BCUT2D eigenvalue weighted by Gasteiger charge is -2.37. The average molecular weight is 336 g/mol. The summed E-state index contributed by atoms with van der Waals surface area (Å²) in [5, 5.41) is 10.1. The number of carbonyl (C=O) groups excluding carboxylic acids is 1. The van der Waals surface area contributed by atoms with Crippen molar-refractivity contribution in [2.24, 2.45) is 0 Å². The minimum Gasteiger partial charge on any atom is -0.491 e. The molecule has 0 radical (unpaired) electrons. The van der Waals surface area contributed by atoms with Crippen LogP contribution in [0, 0.1) is 5.82 Å². The first-order valence-electron chi connectivity index (χ1n) is 8.70. The van der Waals surface area contributed by atoms with E-state index in [1.807, 2.05) is 4.90 Å². The summed E-state index contributed by atoms with van der Waals surface area (Å²) in [6, 6.07) is 6.16. The number of β-amino-alcohol motifs (C(OH)–C–C–N with tert-alkyl or cyclic N) is 1. The van der Waals surface area contributed by atoms with Crippen LogP contribution in [0.4, 0.5) is 4.39 Å². The zero-order valence-corrected chi connectivity index (χ0v) is 13.9. The van der Waals surface area contributed by atoms with Crippen LogP contribution in [0.25, 0.3) is 0 Å². The van der Waals surface area contributed by atoms with E-state index in [-0.39, 0.29) is 12.4 Å². The minimum absolute atomic E-state index is 0.191. The molecule has 2 saturated heterocycles. The Kier molecular flexibility index (Phi) is 5.68. The highest BCUT2D eigenvalue weighted by atomic mass is 19.1. The van der Waals surface area contributed by atoms with Crippen molar-refractivity contribution in [2.75, 3.05) is 32.8 Å². The van der Waals surface area contributed by atoms with Crippen LogP contribution >= 0.6 is 0 Å². The van der Waals surface area contributed by atoms with Crippen molar-refractivity contribution in [1.29, 1.82) is 0 Å². The number of likely N-dealkylation sites (tertiary alicyclic amines) is 2. The lowest BCUT2D eigenvalue weighted by Crippen LogP contribution is -2.47. The highest BCUT2D eigenvalue weighted by Gasteiger charge is 2.30. The van der Waals surface area contributed by atoms with Gasteiger partial charge in [-0.25, -0.2) is 4.39 Å². The molecule has 2 heterocycles. The molecule has 1 amide bonds. The largest absolute Gasteiger partial charge is 0.491 e. The van der Waals surface area contributed by atoms with E-state index in [2.05, 4.69) is 4.90 Å². The lowest BCUT2D eigenvalue weighted by atomic mass is 10.0. The maximum absolute atomic E-state index is 12.8. The minimum atomic E-state index is -0.583. The number of hydrogen-bond acceptors (Lipinski definition) is 4. The molecule has 2 aliphatic rings. The van der Waals surface area contributed by atoms with Crippen molar-refractivity contribution >= 4 is 5.91 Å². The monoisotopic (exact) mass is 336 g/mol. The van der Waals surface area contributed by atoms with Crippen LogP contribution in [0.2, 0.25) is 0 Å². The van der Waals surface area contributed by atoms with Gasteiger partial charge in [0.15, 0.2) is 0 Å². The van der Waals surface area contributed by atoms with Crippen LogP contribution in [-0.2, 0) is 4.79 Å². The topological polar surface area (TPSA) is 53.0 Å². The van der Waals surface area contributed by atoms with E-state index in [0.717, 1.165) is 38.9 Å². The molecule has 0 spiro atoms. The molecule has 132 valence electrons. The summed E-state index contributed by atoms with van der Waals surface area (Å²) in [5.74, 6) is 0.546. The normalized spacial score (nSPS) is 21.2. The van der Waals surface area contributed by atoms with E-state index < -0.39 is 6.10 Å². The molecule has 6 heteroatoms. The summed E-state index contributed by atoms with van der Waals surface area (Å²) in [6.07, 6.45) is 3.03. The molecule has 0 aliphatic carbocycles. The van der Waals surface area contributed by atoms with Crippen LogP contribution in [0.3, 0.4) is 0 Å². The summed E-state index contributed by atoms with van der Waals surface area (Å²) in [6.45, 7) is 3.43. The van der Waals surface area contributed by atoms with E-state index in [1.165, 1.54) is 12.1 Å². The van der Waals surface area contributed by atoms with Gasteiger partial charge in [0.2, 0.25) is 5.91 Å². The average Bonchev–Trinajstić information content (AvgIpc) is 3.01. The van der Waals surface area contributed by atoms with Crippen LogP contribution in [-0.4, -0.2) is 65.7 Å². The van der Waals surface area contributed by atoms with Crippen molar-refractivity contribution in [3.63, 3.8) is 0 Å². The van der Waals surface area contributed by atoms with Gasteiger partial charge in [0.05, 0.1) is 0 Å². The van der Waals surface area contributed by atoms with Crippen LogP contribution in [0.1, 0.15) is 25.7 Å². The maximum atomic E-state index is 12.8. The highest BCUT2D eigenvalue weighted by molar-refractivity contribution is 5.78. The Labute approximate surface area is 142 Å². The number of nitrogens with zero attached hydrogens (tertiary/aromatic N) is 2. The Morgan fingerprint density at radius 3 is 2.54 bits per heavy atom. The molecule has 0 bridgehead atoms.